The molecule has 0 amide bonds. The lowest BCUT2D eigenvalue weighted by molar-refractivity contribution is 0.291. The minimum atomic E-state index is 0.0788. The van der Waals surface area contributed by atoms with Crippen LogP contribution in [0.25, 0.3) is 0 Å². The van der Waals surface area contributed by atoms with Crippen LogP contribution in [0.2, 0.25) is 5.02 Å². The van der Waals surface area contributed by atoms with E-state index in [1.165, 1.54) is 0 Å². The van der Waals surface area contributed by atoms with Crippen molar-refractivity contribution in [1.82, 2.24) is 0 Å². The molecule has 0 aliphatic rings. The molecular formula is C11H14ClNOS. The predicted octanol–water partition coefficient (Wildman–Crippen LogP) is 2.95. The van der Waals surface area contributed by atoms with Gasteiger partial charge in [-0.05, 0) is 30.7 Å². The molecule has 0 spiro atoms. The molecule has 0 saturated heterocycles. The van der Waals surface area contributed by atoms with E-state index in [0.717, 1.165) is 11.3 Å². The maximum absolute atomic E-state index is 5.83. The summed E-state index contributed by atoms with van der Waals surface area (Å²) >= 11 is 10.7. The maximum atomic E-state index is 5.83. The van der Waals surface area contributed by atoms with Gasteiger partial charge in [0.05, 0.1) is 11.6 Å². The minimum Gasteiger partial charge on any atom is -0.493 e. The predicted molar refractivity (Wildman–Crippen MR) is 67.6 cm³/mol. The summed E-state index contributed by atoms with van der Waals surface area (Å²) in [4.78, 5) is 0.474. The summed E-state index contributed by atoms with van der Waals surface area (Å²) in [5.41, 5.74) is 6.50. The third-order valence-electron chi connectivity index (χ3n) is 2.11. The lowest BCUT2D eigenvalue weighted by Gasteiger charge is -2.13. The molecule has 0 aliphatic carbocycles. The fourth-order valence-corrected chi connectivity index (χ4v) is 1.37. The van der Waals surface area contributed by atoms with Gasteiger partial charge in [-0.3, -0.25) is 0 Å². The molecule has 2 N–H and O–H groups in total. The van der Waals surface area contributed by atoms with E-state index in [9.17, 15) is 0 Å². The summed E-state index contributed by atoms with van der Waals surface area (Å²) in [5.74, 6) is 0.901. The molecule has 0 aromatic heterocycles. The Bertz CT molecular complexity index is 368. The van der Waals surface area contributed by atoms with E-state index in [2.05, 4.69) is 0 Å². The summed E-state index contributed by atoms with van der Waals surface area (Å²) in [5, 5.41) is 0.710. The molecule has 0 aliphatic heterocycles. The van der Waals surface area contributed by atoms with Gasteiger partial charge in [0.2, 0.25) is 0 Å². The van der Waals surface area contributed by atoms with Crippen LogP contribution in [0.1, 0.15) is 12.5 Å². The molecule has 2 nitrogen and oxygen atoms in total. The Labute approximate surface area is 100 Å². The third kappa shape index (κ3) is 3.68. The Morgan fingerprint density at radius 1 is 1.60 bits per heavy atom. The molecule has 0 saturated carbocycles. The Morgan fingerprint density at radius 3 is 2.80 bits per heavy atom. The molecule has 0 radical (unpaired) electrons. The summed E-state index contributed by atoms with van der Waals surface area (Å²) in [7, 11) is 0. The summed E-state index contributed by atoms with van der Waals surface area (Å²) in [6.45, 7) is 4.39. The van der Waals surface area contributed by atoms with Crippen molar-refractivity contribution in [3.05, 3.63) is 28.8 Å². The van der Waals surface area contributed by atoms with Gasteiger partial charge in [0, 0.05) is 10.9 Å². The highest BCUT2D eigenvalue weighted by atomic mass is 35.5. The molecule has 1 atom stereocenters. The number of aryl methyl sites for hydroxylation is 1. The van der Waals surface area contributed by atoms with Crippen molar-refractivity contribution in [3.63, 3.8) is 0 Å². The van der Waals surface area contributed by atoms with E-state index in [1.807, 2.05) is 26.0 Å². The summed E-state index contributed by atoms with van der Waals surface area (Å²) in [6.07, 6.45) is 0. The van der Waals surface area contributed by atoms with Crippen LogP contribution in [0, 0.1) is 12.8 Å². The second-order valence-corrected chi connectivity index (χ2v) is 4.43. The van der Waals surface area contributed by atoms with Crippen molar-refractivity contribution in [2.24, 2.45) is 11.7 Å². The number of thiocarbonyl (C=S) groups is 1. The van der Waals surface area contributed by atoms with Gasteiger partial charge < -0.3 is 10.5 Å². The lowest BCUT2D eigenvalue weighted by Crippen LogP contribution is -2.24. The Balaban J connectivity index is 2.62. The van der Waals surface area contributed by atoms with Gasteiger partial charge in [-0.15, -0.1) is 0 Å². The van der Waals surface area contributed by atoms with Gasteiger partial charge in [-0.2, -0.15) is 0 Å². The molecule has 0 heterocycles. The average molecular weight is 244 g/mol. The first kappa shape index (κ1) is 12.3. The van der Waals surface area contributed by atoms with E-state index >= 15 is 0 Å². The van der Waals surface area contributed by atoms with Crippen LogP contribution >= 0.6 is 23.8 Å². The quantitative estimate of drug-likeness (QED) is 0.826. The van der Waals surface area contributed by atoms with Gasteiger partial charge in [-0.1, -0.05) is 30.7 Å². The van der Waals surface area contributed by atoms with Crippen LogP contribution in [0.5, 0.6) is 5.75 Å². The minimum absolute atomic E-state index is 0.0788. The largest absolute Gasteiger partial charge is 0.493 e. The first-order valence-corrected chi connectivity index (χ1v) is 5.47. The number of nitrogens with two attached hydrogens (primary N) is 1. The normalized spacial score (nSPS) is 12.2. The van der Waals surface area contributed by atoms with Gasteiger partial charge in [0.1, 0.15) is 5.75 Å². The number of hydrogen-bond donors (Lipinski definition) is 1. The SMILES string of the molecule is Cc1cc(Cl)ccc1OCC(C)C(N)=S. The summed E-state index contributed by atoms with van der Waals surface area (Å²) in [6, 6.07) is 5.52. The van der Waals surface area contributed by atoms with E-state index in [-0.39, 0.29) is 5.92 Å². The molecule has 15 heavy (non-hydrogen) atoms. The molecule has 1 rings (SSSR count). The van der Waals surface area contributed by atoms with E-state index in [0.29, 0.717) is 16.6 Å². The zero-order valence-corrected chi connectivity index (χ0v) is 10.4. The van der Waals surface area contributed by atoms with Gasteiger partial charge >= 0.3 is 0 Å². The smallest absolute Gasteiger partial charge is 0.122 e. The number of hydrogen-bond acceptors (Lipinski definition) is 2. The van der Waals surface area contributed by atoms with Crippen molar-refractivity contribution < 1.29 is 4.74 Å². The first-order chi connectivity index (χ1) is 7.00. The van der Waals surface area contributed by atoms with Crippen molar-refractivity contribution in [3.8, 4) is 5.75 Å². The fraction of sp³-hybridized carbons (Fsp3) is 0.364. The van der Waals surface area contributed by atoms with Crippen LogP contribution in [-0.2, 0) is 0 Å². The zero-order valence-electron chi connectivity index (χ0n) is 8.79. The van der Waals surface area contributed by atoms with Crippen molar-refractivity contribution in [2.75, 3.05) is 6.61 Å². The zero-order chi connectivity index (χ0) is 11.4. The van der Waals surface area contributed by atoms with Crippen molar-refractivity contribution in [1.29, 1.82) is 0 Å². The molecule has 82 valence electrons. The number of ether oxygens (including phenoxy) is 1. The topological polar surface area (TPSA) is 35.2 Å². The highest BCUT2D eigenvalue weighted by Crippen LogP contribution is 2.22. The molecule has 1 unspecified atom stereocenters. The molecule has 1 aromatic rings. The van der Waals surface area contributed by atoms with Crippen molar-refractivity contribution >= 4 is 28.8 Å². The molecule has 0 bridgehead atoms. The molecule has 0 fully saturated rings. The first-order valence-electron chi connectivity index (χ1n) is 4.69. The second kappa shape index (κ2) is 5.33. The van der Waals surface area contributed by atoms with Crippen LogP contribution in [-0.4, -0.2) is 11.6 Å². The van der Waals surface area contributed by atoms with Crippen LogP contribution in [0.3, 0.4) is 0 Å². The fourth-order valence-electron chi connectivity index (χ4n) is 1.07. The van der Waals surface area contributed by atoms with E-state index in [4.69, 9.17) is 34.3 Å². The van der Waals surface area contributed by atoms with Crippen LogP contribution in [0.4, 0.5) is 0 Å². The van der Waals surface area contributed by atoms with Gasteiger partial charge in [-0.25, -0.2) is 0 Å². The maximum Gasteiger partial charge on any atom is 0.122 e. The molecule has 4 heteroatoms. The van der Waals surface area contributed by atoms with Gasteiger partial charge in [0.25, 0.3) is 0 Å². The molecule has 1 aromatic carbocycles. The van der Waals surface area contributed by atoms with Crippen LogP contribution in [0.15, 0.2) is 18.2 Å². The number of halogens is 1. The monoisotopic (exact) mass is 243 g/mol. The Morgan fingerprint density at radius 2 is 2.27 bits per heavy atom. The standard InChI is InChI=1S/C11H14ClNOS/c1-7-5-9(12)3-4-10(7)14-6-8(2)11(13)15/h3-5,8H,6H2,1-2H3,(H2,13,15). The lowest BCUT2D eigenvalue weighted by atomic mass is 10.2. The highest BCUT2D eigenvalue weighted by Gasteiger charge is 2.07. The molecular weight excluding hydrogens is 230 g/mol. The van der Waals surface area contributed by atoms with Crippen molar-refractivity contribution in [2.45, 2.75) is 13.8 Å². The van der Waals surface area contributed by atoms with E-state index in [1.54, 1.807) is 6.07 Å². The Hall–Kier alpha value is -0.800. The third-order valence-corrected chi connectivity index (χ3v) is 2.75. The van der Waals surface area contributed by atoms with Gasteiger partial charge in [0.15, 0.2) is 0 Å². The number of rotatable bonds is 4. The average Bonchev–Trinajstić information content (AvgIpc) is 2.15. The van der Waals surface area contributed by atoms with Crippen LogP contribution < -0.4 is 10.5 Å². The highest BCUT2D eigenvalue weighted by molar-refractivity contribution is 7.80. The number of benzene rings is 1. The summed E-state index contributed by atoms with van der Waals surface area (Å²) < 4.78 is 5.59. The Kier molecular flexibility index (Phi) is 4.36. The second-order valence-electron chi connectivity index (χ2n) is 3.52. The van der Waals surface area contributed by atoms with E-state index < -0.39 is 0 Å².